The molecule has 0 aliphatic carbocycles. The number of rotatable bonds is 9. The highest BCUT2D eigenvalue weighted by atomic mass is 16.5. The van der Waals surface area contributed by atoms with Crippen LogP contribution >= 0.6 is 0 Å². The monoisotopic (exact) mass is 363 g/mol. The van der Waals surface area contributed by atoms with Crippen molar-refractivity contribution in [2.75, 3.05) is 60.1 Å². The summed E-state index contributed by atoms with van der Waals surface area (Å²) in [7, 11) is 3.30. The van der Waals surface area contributed by atoms with Crippen molar-refractivity contribution in [1.82, 2.24) is 15.1 Å². The van der Waals surface area contributed by atoms with Gasteiger partial charge in [0, 0.05) is 59.1 Å². The minimum atomic E-state index is 0.0228. The summed E-state index contributed by atoms with van der Waals surface area (Å²) < 4.78 is 10.0. The lowest BCUT2D eigenvalue weighted by atomic mass is 10.1. The van der Waals surface area contributed by atoms with Gasteiger partial charge in [-0.3, -0.25) is 14.5 Å². The Morgan fingerprint density at radius 1 is 1.04 bits per heavy atom. The van der Waals surface area contributed by atoms with Crippen molar-refractivity contribution in [1.29, 1.82) is 0 Å². The molecule has 1 heterocycles. The maximum atomic E-state index is 12.6. The van der Waals surface area contributed by atoms with E-state index in [9.17, 15) is 9.59 Å². The van der Waals surface area contributed by atoms with Gasteiger partial charge in [0.15, 0.2) is 0 Å². The molecule has 0 unspecified atom stereocenters. The summed E-state index contributed by atoms with van der Waals surface area (Å²) in [4.78, 5) is 28.4. The Bertz CT molecular complexity index is 569. The molecule has 2 rings (SSSR count). The molecule has 1 aliphatic rings. The van der Waals surface area contributed by atoms with Crippen LogP contribution in [0.1, 0.15) is 22.3 Å². The van der Waals surface area contributed by atoms with Crippen LogP contribution in [0.4, 0.5) is 0 Å². The Morgan fingerprint density at radius 3 is 2.35 bits per heavy atom. The van der Waals surface area contributed by atoms with Crippen molar-refractivity contribution < 1.29 is 19.1 Å². The molecule has 1 saturated heterocycles. The van der Waals surface area contributed by atoms with E-state index in [0.29, 0.717) is 58.0 Å². The molecule has 0 atom stereocenters. The number of amides is 2. The van der Waals surface area contributed by atoms with E-state index >= 15 is 0 Å². The molecule has 0 spiro atoms. The quantitative estimate of drug-likeness (QED) is 0.656. The van der Waals surface area contributed by atoms with Gasteiger partial charge in [0.2, 0.25) is 5.91 Å². The lowest BCUT2D eigenvalue weighted by Crippen LogP contribution is -2.51. The standard InChI is InChI=1S/C19H29N3O4/c1-25-13-3-8-20-18(23)14-21-9-11-22(12-10-21)19(24)17-6-4-16(5-7-17)15-26-2/h4-7H,3,8-15H2,1-2H3,(H,20,23). The summed E-state index contributed by atoms with van der Waals surface area (Å²) in [5, 5.41) is 2.89. The first-order valence-electron chi connectivity index (χ1n) is 8.99. The van der Waals surface area contributed by atoms with Crippen LogP contribution in [0.5, 0.6) is 0 Å². The number of nitrogens with one attached hydrogen (secondary N) is 1. The third-order valence-electron chi connectivity index (χ3n) is 4.39. The van der Waals surface area contributed by atoms with Crippen molar-refractivity contribution in [2.24, 2.45) is 0 Å². The normalized spacial score (nSPS) is 15.1. The second kappa shape index (κ2) is 10.9. The Hall–Kier alpha value is -1.96. The van der Waals surface area contributed by atoms with Gasteiger partial charge in [0.1, 0.15) is 0 Å². The van der Waals surface area contributed by atoms with Gasteiger partial charge in [-0.15, -0.1) is 0 Å². The van der Waals surface area contributed by atoms with Crippen LogP contribution in [0.3, 0.4) is 0 Å². The van der Waals surface area contributed by atoms with Crippen LogP contribution in [0, 0.1) is 0 Å². The van der Waals surface area contributed by atoms with Gasteiger partial charge in [-0.05, 0) is 24.1 Å². The summed E-state index contributed by atoms with van der Waals surface area (Å²) in [6, 6.07) is 7.52. The molecule has 2 amide bonds. The first-order valence-corrected chi connectivity index (χ1v) is 8.99. The average Bonchev–Trinajstić information content (AvgIpc) is 2.66. The minimum absolute atomic E-state index is 0.0228. The highest BCUT2D eigenvalue weighted by Gasteiger charge is 2.23. The van der Waals surface area contributed by atoms with Gasteiger partial charge in [-0.2, -0.15) is 0 Å². The highest BCUT2D eigenvalue weighted by Crippen LogP contribution is 2.11. The molecule has 26 heavy (non-hydrogen) atoms. The third kappa shape index (κ3) is 6.40. The number of carbonyl (C=O) groups excluding carboxylic acids is 2. The predicted octanol–water partition coefficient (Wildman–Crippen LogP) is 0.744. The first kappa shape index (κ1) is 20.4. The van der Waals surface area contributed by atoms with E-state index in [-0.39, 0.29) is 11.8 Å². The van der Waals surface area contributed by atoms with Crippen LogP contribution in [0.25, 0.3) is 0 Å². The molecule has 1 fully saturated rings. The number of carbonyl (C=O) groups is 2. The molecule has 1 aliphatic heterocycles. The minimum Gasteiger partial charge on any atom is -0.385 e. The largest absolute Gasteiger partial charge is 0.385 e. The molecule has 0 saturated carbocycles. The molecule has 0 bridgehead atoms. The van der Waals surface area contributed by atoms with E-state index in [2.05, 4.69) is 10.2 Å². The summed E-state index contributed by atoms with van der Waals surface area (Å²) in [5.74, 6) is 0.0623. The van der Waals surface area contributed by atoms with Gasteiger partial charge < -0.3 is 19.7 Å². The van der Waals surface area contributed by atoms with Crippen LogP contribution in [-0.2, 0) is 20.9 Å². The van der Waals surface area contributed by atoms with Gasteiger partial charge >= 0.3 is 0 Å². The third-order valence-corrected chi connectivity index (χ3v) is 4.39. The molecular formula is C19H29N3O4. The molecule has 7 heteroatoms. The second-order valence-corrected chi connectivity index (χ2v) is 6.39. The number of methoxy groups -OCH3 is 2. The van der Waals surface area contributed by atoms with E-state index in [0.717, 1.165) is 12.0 Å². The molecule has 0 aromatic heterocycles. The number of benzene rings is 1. The molecule has 7 nitrogen and oxygen atoms in total. The zero-order valence-electron chi connectivity index (χ0n) is 15.7. The maximum Gasteiger partial charge on any atom is 0.253 e. The smallest absolute Gasteiger partial charge is 0.253 e. The van der Waals surface area contributed by atoms with Crippen molar-refractivity contribution in [2.45, 2.75) is 13.0 Å². The molecule has 1 aromatic carbocycles. The van der Waals surface area contributed by atoms with Crippen LogP contribution in [0.15, 0.2) is 24.3 Å². The van der Waals surface area contributed by atoms with Crippen LogP contribution < -0.4 is 5.32 Å². The Balaban J connectivity index is 1.73. The number of hydrogen-bond acceptors (Lipinski definition) is 5. The molecule has 0 radical (unpaired) electrons. The first-order chi connectivity index (χ1) is 12.6. The van der Waals surface area contributed by atoms with E-state index in [1.165, 1.54) is 0 Å². The summed E-state index contributed by atoms with van der Waals surface area (Å²) >= 11 is 0. The fourth-order valence-corrected chi connectivity index (χ4v) is 2.91. The number of ether oxygens (including phenoxy) is 2. The van der Waals surface area contributed by atoms with E-state index in [4.69, 9.17) is 9.47 Å². The SMILES string of the molecule is COCCCNC(=O)CN1CCN(C(=O)c2ccc(COC)cc2)CC1. The number of hydrogen-bond donors (Lipinski definition) is 1. The Kier molecular flexibility index (Phi) is 8.53. The van der Waals surface area contributed by atoms with E-state index in [1.807, 2.05) is 29.2 Å². The number of nitrogens with zero attached hydrogens (tertiary/aromatic N) is 2. The lowest BCUT2D eigenvalue weighted by molar-refractivity contribution is -0.122. The zero-order valence-corrected chi connectivity index (χ0v) is 15.7. The topological polar surface area (TPSA) is 71.1 Å². The van der Waals surface area contributed by atoms with Crippen LogP contribution in [0.2, 0.25) is 0 Å². The highest BCUT2D eigenvalue weighted by molar-refractivity contribution is 5.94. The van der Waals surface area contributed by atoms with Gasteiger partial charge in [0.25, 0.3) is 5.91 Å². The van der Waals surface area contributed by atoms with E-state index < -0.39 is 0 Å². The van der Waals surface area contributed by atoms with Gasteiger partial charge in [0.05, 0.1) is 13.2 Å². The van der Waals surface area contributed by atoms with Crippen LogP contribution in [-0.4, -0.2) is 81.7 Å². The van der Waals surface area contributed by atoms with E-state index in [1.54, 1.807) is 14.2 Å². The number of piperazine rings is 1. The molecule has 144 valence electrons. The lowest BCUT2D eigenvalue weighted by Gasteiger charge is -2.34. The second-order valence-electron chi connectivity index (χ2n) is 6.39. The summed E-state index contributed by atoms with van der Waals surface area (Å²) in [6.07, 6.45) is 0.813. The maximum absolute atomic E-state index is 12.6. The van der Waals surface area contributed by atoms with Gasteiger partial charge in [-0.1, -0.05) is 12.1 Å². The van der Waals surface area contributed by atoms with Crippen molar-refractivity contribution in [3.63, 3.8) is 0 Å². The van der Waals surface area contributed by atoms with Crippen molar-refractivity contribution in [3.05, 3.63) is 35.4 Å². The van der Waals surface area contributed by atoms with Crippen molar-refractivity contribution in [3.8, 4) is 0 Å². The molecular weight excluding hydrogens is 334 g/mol. The molecule has 1 N–H and O–H groups in total. The Morgan fingerprint density at radius 2 is 1.73 bits per heavy atom. The molecule has 1 aromatic rings. The summed E-state index contributed by atoms with van der Waals surface area (Å²) in [6.45, 7) is 4.88. The Labute approximate surface area is 155 Å². The fourth-order valence-electron chi connectivity index (χ4n) is 2.91. The van der Waals surface area contributed by atoms with Crippen molar-refractivity contribution >= 4 is 11.8 Å². The zero-order chi connectivity index (χ0) is 18.8. The average molecular weight is 363 g/mol. The van der Waals surface area contributed by atoms with Gasteiger partial charge in [-0.25, -0.2) is 0 Å². The fraction of sp³-hybridized carbons (Fsp3) is 0.579. The summed E-state index contributed by atoms with van der Waals surface area (Å²) in [5.41, 5.74) is 1.74. The predicted molar refractivity (Wildman–Crippen MR) is 99.0 cm³/mol.